The lowest BCUT2D eigenvalue weighted by molar-refractivity contribution is 0.0905. The van der Waals surface area contributed by atoms with Crippen LogP contribution < -0.4 is 11.1 Å². The molecule has 1 fully saturated rings. The number of fused-ring (bicyclic) bond motifs is 1. The number of nitrogens with two attached hydrogens (primary N) is 1. The van der Waals surface area contributed by atoms with Crippen molar-refractivity contribution in [3.05, 3.63) is 30.5 Å². The average Bonchev–Trinajstić information content (AvgIpc) is 2.44. The maximum absolute atomic E-state index is 5.95. The second kappa shape index (κ2) is 4.82. The topological polar surface area (TPSA) is 60.2 Å². The predicted octanol–water partition coefficient (Wildman–Crippen LogP) is 2.41. The fraction of sp³-hybridized carbons (Fsp3) is 0.357. The molecular formula is C14H17N3O. The summed E-state index contributed by atoms with van der Waals surface area (Å²) in [6.07, 6.45) is 3.87. The highest BCUT2D eigenvalue weighted by Crippen LogP contribution is 2.27. The summed E-state index contributed by atoms with van der Waals surface area (Å²) in [6.45, 7) is 1.67. The Morgan fingerprint density at radius 1 is 1.22 bits per heavy atom. The lowest BCUT2D eigenvalue weighted by Gasteiger charge is -2.24. The lowest BCUT2D eigenvalue weighted by Crippen LogP contribution is -2.27. The number of nitrogens with one attached hydrogen (secondary N) is 1. The molecule has 1 aliphatic heterocycles. The van der Waals surface area contributed by atoms with Gasteiger partial charge in [-0.1, -0.05) is 0 Å². The highest BCUT2D eigenvalue weighted by atomic mass is 16.5. The van der Waals surface area contributed by atoms with Gasteiger partial charge in [0.15, 0.2) is 0 Å². The molecule has 1 aliphatic rings. The molecule has 0 aliphatic carbocycles. The Labute approximate surface area is 106 Å². The van der Waals surface area contributed by atoms with Crippen molar-refractivity contribution in [1.29, 1.82) is 0 Å². The number of rotatable bonds is 2. The zero-order valence-corrected chi connectivity index (χ0v) is 10.2. The summed E-state index contributed by atoms with van der Waals surface area (Å²) in [5, 5.41) is 4.66. The van der Waals surface area contributed by atoms with Gasteiger partial charge in [-0.05, 0) is 37.1 Å². The fourth-order valence-electron chi connectivity index (χ4n) is 2.38. The van der Waals surface area contributed by atoms with Gasteiger partial charge < -0.3 is 15.8 Å². The Kier molecular flexibility index (Phi) is 3.02. The molecule has 0 bridgehead atoms. The smallest absolute Gasteiger partial charge is 0.0951 e. The number of ether oxygens (including phenoxy) is 1. The summed E-state index contributed by atoms with van der Waals surface area (Å²) >= 11 is 0. The van der Waals surface area contributed by atoms with E-state index in [1.165, 1.54) is 0 Å². The van der Waals surface area contributed by atoms with Gasteiger partial charge in [-0.15, -0.1) is 0 Å². The van der Waals surface area contributed by atoms with Crippen molar-refractivity contribution < 1.29 is 4.74 Å². The van der Waals surface area contributed by atoms with Crippen molar-refractivity contribution >= 4 is 22.3 Å². The molecule has 0 spiro atoms. The first-order chi connectivity index (χ1) is 8.84. The Balaban J connectivity index is 1.94. The van der Waals surface area contributed by atoms with Crippen molar-refractivity contribution in [3.63, 3.8) is 0 Å². The monoisotopic (exact) mass is 243 g/mol. The van der Waals surface area contributed by atoms with Crippen LogP contribution in [-0.2, 0) is 4.74 Å². The van der Waals surface area contributed by atoms with Crippen molar-refractivity contribution in [2.45, 2.75) is 18.9 Å². The predicted molar refractivity (Wildman–Crippen MR) is 73.6 cm³/mol. The Morgan fingerprint density at radius 2 is 2.06 bits per heavy atom. The molecule has 0 radical (unpaired) electrons. The molecule has 94 valence electrons. The molecule has 0 saturated carbocycles. The van der Waals surface area contributed by atoms with Crippen LogP contribution in [-0.4, -0.2) is 24.2 Å². The average molecular weight is 243 g/mol. The summed E-state index contributed by atoms with van der Waals surface area (Å²) in [4.78, 5) is 4.34. The molecule has 1 saturated heterocycles. The first-order valence-corrected chi connectivity index (χ1v) is 6.32. The van der Waals surface area contributed by atoms with Crippen LogP contribution in [0.5, 0.6) is 0 Å². The van der Waals surface area contributed by atoms with Crippen LogP contribution in [0.3, 0.4) is 0 Å². The first kappa shape index (κ1) is 11.3. The number of nitrogens with zero attached hydrogens (tertiary/aromatic N) is 1. The van der Waals surface area contributed by atoms with E-state index in [0.717, 1.165) is 48.3 Å². The minimum Gasteiger partial charge on any atom is -0.397 e. The summed E-state index contributed by atoms with van der Waals surface area (Å²) in [5.74, 6) is 0. The molecule has 1 aromatic heterocycles. The molecule has 4 nitrogen and oxygen atoms in total. The van der Waals surface area contributed by atoms with Crippen LogP contribution in [0.4, 0.5) is 11.4 Å². The summed E-state index contributed by atoms with van der Waals surface area (Å²) in [6, 6.07) is 8.43. The number of anilines is 2. The first-order valence-electron chi connectivity index (χ1n) is 6.32. The van der Waals surface area contributed by atoms with Gasteiger partial charge in [-0.3, -0.25) is 4.98 Å². The second-order valence-corrected chi connectivity index (χ2v) is 4.63. The van der Waals surface area contributed by atoms with E-state index in [9.17, 15) is 0 Å². The largest absolute Gasteiger partial charge is 0.397 e. The van der Waals surface area contributed by atoms with Crippen molar-refractivity contribution in [1.82, 2.24) is 4.98 Å². The standard InChI is InChI=1S/C14H17N3O/c15-12-3-4-13(11-2-1-7-16-14(11)12)17-10-5-8-18-9-6-10/h1-4,7,10,17H,5-6,8-9,15H2. The highest BCUT2D eigenvalue weighted by Gasteiger charge is 2.14. The maximum Gasteiger partial charge on any atom is 0.0951 e. The molecule has 4 heteroatoms. The van der Waals surface area contributed by atoms with E-state index >= 15 is 0 Å². The number of nitrogen functional groups attached to an aromatic ring is 1. The summed E-state index contributed by atoms with van der Waals surface area (Å²) in [7, 11) is 0. The van der Waals surface area contributed by atoms with Gasteiger partial charge in [0.05, 0.1) is 11.2 Å². The normalized spacial score (nSPS) is 16.9. The molecule has 0 unspecified atom stereocenters. The van der Waals surface area contributed by atoms with Crippen molar-refractivity contribution in [2.24, 2.45) is 0 Å². The van der Waals surface area contributed by atoms with Crippen molar-refractivity contribution in [3.8, 4) is 0 Å². The minimum absolute atomic E-state index is 0.478. The third kappa shape index (κ3) is 2.11. The molecule has 2 aromatic rings. The number of benzene rings is 1. The molecule has 3 rings (SSSR count). The molecule has 0 atom stereocenters. The minimum atomic E-state index is 0.478. The molecule has 0 amide bonds. The number of pyridine rings is 1. The summed E-state index contributed by atoms with van der Waals surface area (Å²) < 4.78 is 5.37. The highest BCUT2D eigenvalue weighted by molar-refractivity contribution is 5.98. The lowest BCUT2D eigenvalue weighted by atomic mass is 10.1. The fourth-order valence-corrected chi connectivity index (χ4v) is 2.38. The van der Waals surface area contributed by atoms with Gasteiger partial charge in [-0.25, -0.2) is 0 Å². The summed E-state index contributed by atoms with van der Waals surface area (Å²) in [5.41, 5.74) is 8.65. The molecular weight excluding hydrogens is 226 g/mol. The third-order valence-corrected chi connectivity index (χ3v) is 3.38. The Hall–Kier alpha value is -1.81. The van der Waals surface area contributed by atoms with E-state index in [1.54, 1.807) is 6.20 Å². The van der Waals surface area contributed by atoms with E-state index in [2.05, 4.69) is 16.4 Å². The number of hydrogen-bond donors (Lipinski definition) is 2. The third-order valence-electron chi connectivity index (χ3n) is 3.38. The van der Waals surface area contributed by atoms with E-state index in [0.29, 0.717) is 6.04 Å². The molecule has 1 aromatic carbocycles. The number of hydrogen-bond acceptors (Lipinski definition) is 4. The SMILES string of the molecule is Nc1ccc(NC2CCOCC2)c2cccnc12. The van der Waals surface area contributed by atoms with Crippen molar-refractivity contribution in [2.75, 3.05) is 24.3 Å². The maximum atomic E-state index is 5.95. The van der Waals surface area contributed by atoms with E-state index in [-0.39, 0.29) is 0 Å². The zero-order chi connectivity index (χ0) is 12.4. The van der Waals surface area contributed by atoms with E-state index < -0.39 is 0 Å². The Morgan fingerprint density at radius 3 is 2.89 bits per heavy atom. The van der Waals surface area contributed by atoms with Gasteiger partial charge in [-0.2, -0.15) is 0 Å². The van der Waals surface area contributed by atoms with Gasteiger partial charge in [0.1, 0.15) is 0 Å². The van der Waals surface area contributed by atoms with Crippen LogP contribution in [0.2, 0.25) is 0 Å². The molecule has 3 N–H and O–H groups in total. The quantitative estimate of drug-likeness (QED) is 0.795. The van der Waals surface area contributed by atoms with Crippen LogP contribution in [0.25, 0.3) is 10.9 Å². The van der Waals surface area contributed by atoms with Crippen LogP contribution >= 0.6 is 0 Å². The number of aromatic nitrogens is 1. The van der Waals surface area contributed by atoms with E-state index in [1.807, 2.05) is 18.2 Å². The Bertz CT molecular complexity index is 550. The van der Waals surface area contributed by atoms with Gasteiger partial charge in [0.2, 0.25) is 0 Å². The van der Waals surface area contributed by atoms with E-state index in [4.69, 9.17) is 10.5 Å². The molecule has 18 heavy (non-hydrogen) atoms. The van der Waals surface area contributed by atoms with Crippen LogP contribution in [0.1, 0.15) is 12.8 Å². The van der Waals surface area contributed by atoms with Gasteiger partial charge >= 0.3 is 0 Å². The second-order valence-electron chi connectivity index (χ2n) is 4.63. The molecule has 2 heterocycles. The van der Waals surface area contributed by atoms with Crippen LogP contribution in [0.15, 0.2) is 30.5 Å². The van der Waals surface area contributed by atoms with Gasteiger partial charge in [0, 0.05) is 36.5 Å². The zero-order valence-electron chi connectivity index (χ0n) is 10.2. The van der Waals surface area contributed by atoms with Crippen LogP contribution in [0, 0.1) is 0 Å². The van der Waals surface area contributed by atoms with Gasteiger partial charge in [0.25, 0.3) is 0 Å².